The molecule has 3 rings (SSSR count). The van der Waals surface area contributed by atoms with Crippen LogP contribution >= 0.6 is 11.8 Å². The van der Waals surface area contributed by atoms with Crippen LogP contribution in [-0.4, -0.2) is 44.5 Å². The number of benzene rings is 1. The third-order valence-electron chi connectivity index (χ3n) is 4.54. The number of carbonyl (C=O) groups is 2. The molecule has 0 saturated carbocycles. The van der Waals surface area contributed by atoms with Gasteiger partial charge in [-0.1, -0.05) is 18.2 Å². The average molecular weight is 402 g/mol. The first kappa shape index (κ1) is 20.5. The summed E-state index contributed by atoms with van der Waals surface area (Å²) in [4.78, 5) is 26.4. The molecule has 0 radical (unpaired) electrons. The van der Waals surface area contributed by atoms with E-state index in [0.717, 1.165) is 22.6 Å². The molecular weight excluding hydrogens is 374 g/mol. The fraction of sp³-hybridized carbons (Fsp3) is 0.476. The molecule has 6 nitrogen and oxygen atoms in total. The van der Waals surface area contributed by atoms with Crippen molar-refractivity contribution in [2.75, 3.05) is 12.3 Å². The normalized spacial score (nSPS) is 17.2. The van der Waals surface area contributed by atoms with E-state index in [2.05, 4.69) is 0 Å². The smallest absolute Gasteiger partial charge is 0.308 e. The summed E-state index contributed by atoms with van der Waals surface area (Å²) in [6.07, 6.45) is 0.186. The predicted molar refractivity (Wildman–Crippen MR) is 110 cm³/mol. The summed E-state index contributed by atoms with van der Waals surface area (Å²) in [5, 5.41) is 4.57. The van der Waals surface area contributed by atoms with Crippen molar-refractivity contribution in [1.29, 1.82) is 0 Å². The van der Waals surface area contributed by atoms with Crippen molar-refractivity contribution in [3.63, 3.8) is 0 Å². The van der Waals surface area contributed by atoms with E-state index < -0.39 is 5.60 Å². The molecule has 1 fully saturated rings. The number of rotatable bonds is 5. The zero-order valence-corrected chi connectivity index (χ0v) is 17.9. The molecule has 1 unspecified atom stereocenters. The molecule has 0 aliphatic carbocycles. The maximum absolute atomic E-state index is 12.5. The van der Waals surface area contributed by atoms with Crippen molar-refractivity contribution in [1.82, 2.24) is 14.7 Å². The van der Waals surface area contributed by atoms with Gasteiger partial charge in [-0.15, -0.1) is 11.8 Å². The number of para-hydroxylation sites is 1. The molecule has 1 aromatic carbocycles. The highest BCUT2D eigenvalue weighted by atomic mass is 32.2. The second kappa shape index (κ2) is 7.99. The summed E-state index contributed by atoms with van der Waals surface area (Å²) in [6.45, 7) is 9.87. The fourth-order valence-corrected chi connectivity index (χ4v) is 4.75. The standard InChI is InChI=1S/C21H27N3O3S/c1-14-19(15(2)24(22-14)16-9-7-6-8-10-16)20-23(17(25)13-28-20)12-11-18(26)27-21(3,4)5/h6-10,20H,11-13H2,1-5H3. The molecule has 28 heavy (non-hydrogen) atoms. The third kappa shape index (κ3) is 4.41. The van der Waals surface area contributed by atoms with E-state index in [1.807, 2.05) is 69.6 Å². The lowest BCUT2D eigenvalue weighted by Crippen LogP contribution is -2.32. The van der Waals surface area contributed by atoms with Crippen molar-refractivity contribution in [2.45, 2.75) is 52.0 Å². The van der Waals surface area contributed by atoms with Crippen LogP contribution in [0.15, 0.2) is 30.3 Å². The molecule has 150 valence electrons. The van der Waals surface area contributed by atoms with Crippen molar-refractivity contribution in [3.05, 3.63) is 47.3 Å². The zero-order chi connectivity index (χ0) is 20.5. The lowest BCUT2D eigenvalue weighted by Gasteiger charge is -2.25. The average Bonchev–Trinajstić information content (AvgIpc) is 3.11. The Morgan fingerprint density at radius 3 is 2.57 bits per heavy atom. The molecule has 1 saturated heterocycles. The zero-order valence-electron chi connectivity index (χ0n) is 17.1. The van der Waals surface area contributed by atoms with Crippen LogP contribution in [0.1, 0.15) is 49.5 Å². The summed E-state index contributed by atoms with van der Waals surface area (Å²) in [6, 6.07) is 9.95. The molecule has 1 aliphatic rings. The van der Waals surface area contributed by atoms with E-state index >= 15 is 0 Å². The van der Waals surface area contributed by atoms with Crippen LogP contribution in [0, 0.1) is 13.8 Å². The molecule has 0 bridgehead atoms. The predicted octanol–water partition coefficient (Wildman–Crippen LogP) is 3.79. The van der Waals surface area contributed by atoms with E-state index in [-0.39, 0.29) is 23.7 Å². The maximum atomic E-state index is 12.5. The molecule has 1 aromatic heterocycles. The molecule has 0 N–H and O–H groups in total. The van der Waals surface area contributed by atoms with Gasteiger partial charge in [0.2, 0.25) is 5.91 Å². The number of nitrogens with zero attached hydrogens (tertiary/aromatic N) is 3. The monoisotopic (exact) mass is 401 g/mol. The lowest BCUT2D eigenvalue weighted by molar-refractivity contribution is -0.155. The molecule has 2 aromatic rings. The summed E-state index contributed by atoms with van der Waals surface area (Å²) in [5.74, 6) is 0.170. The van der Waals surface area contributed by atoms with E-state index in [4.69, 9.17) is 9.84 Å². The van der Waals surface area contributed by atoms with Crippen LogP contribution in [-0.2, 0) is 14.3 Å². The Hall–Kier alpha value is -2.28. The highest BCUT2D eigenvalue weighted by molar-refractivity contribution is 8.00. The molecular formula is C21H27N3O3S. The van der Waals surface area contributed by atoms with Gasteiger partial charge in [0.05, 0.1) is 23.6 Å². The Balaban J connectivity index is 1.81. The van der Waals surface area contributed by atoms with Gasteiger partial charge in [0.15, 0.2) is 0 Å². The number of aromatic nitrogens is 2. The van der Waals surface area contributed by atoms with Crippen LogP contribution in [0.25, 0.3) is 5.69 Å². The number of thioether (sulfide) groups is 1. The number of carbonyl (C=O) groups excluding carboxylic acids is 2. The minimum Gasteiger partial charge on any atom is -0.460 e. The summed E-state index contributed by atoms with van der Waals surface area (Å²) in [5.41, 5.74) is 3.42. The lowest BCUT2D eigenvalue weighted by atomic mass is 10.1. The summed E-state index contributed by atoms with van der Waals surface area (Å²) in [7, 11) is 0. The van der Waals surface area contributed by atoms with Gasteiger partial charge in [-0.05, 0) is 46.8 Å². The number of esters is 1. The van der Waals surface area contributed by atoms with Crippen LogP contribution in [0.4, 0.5) is 0 Å². The number of ether oxygens (including phenoxy) is 1. The van der Waals surface area contributed by atoms with Crippen LogP contribution < -0.4 is 0 Å². The van der Waals surface area contributed by atoms with Gasteiger partial charge in [0, 0.05) is 17.8 Å². The number of amides is 1. The van der Waals surface area contributed by atoms with E-state index in [1.165, 1.54) is 0 Å². The second-order valence-electron chi connectivity index (χ2n) is 7.92. The molecule has 7 heteroatoms. The molecule has 1 aliphatic heterocycles. The highest BCUT2D eigenvalue weighted by Gasteiger charge is 2.36. The van der Waals surface area contributed by atoms with Crippen molar-refractivity contribution >= 4 is 23.6 Å². The third-order valence-corrected chi connectivity index (χ3v) is 5.76. The quantitative estimate of drug-likeness (QED) is 0.713. The topological polar surface area (TPSA) is 64.4 Å². The Labute approximate surface area is 170 Å². The maximum Gasteiger partial charge on any atom is 0.308 e. The van der Waals surface area contributed by atoms with Gasteiger partial charge in [0.25, 0.3) is 0 Å². The molecule has 1 amide bonds. The minimum atomic E-state index is -0.524. The number of hydrogen-bond donors (Lipinski definition) is 0. The van der Waals surface area contributed by atoms with Gasteiger partial charge >= 0.3 is 5.97 Å². The van der Waals surface area contributed by atoms with Gasteiger partial charge < -0.3 is 9.64 Å². The van der Waals surface area contributed by atoms with Crippen molar-refractivity contribution in [2.24, 2.45) is 0 Å². The first-order chi connectivity index (χ1) is 13.2. The highest BCUT2D eigenvalue weighted by Crippen LogP contribution is 2.41. The van der Waals surface area contributed by atoms with Gasteiger partial charge in [0.1, 0.15) is 11.0 Å². The number of hydrogen-bond acceptors (Lipinski definition) is 5. The SMILES string of the molecule is Cc1nn(-c2ccccc2)c(C)c1C1SCC(=O)N1CCC(=O)OC(C)(C)C. The Morgan fingerprint density at radius 1 is 1.25 bits per heavy atom. The van der Waals surface area contributed by atoms with E-state index in [1.54, 1.807) is 16.7 Å². The first-order valence-electron chi connectivity index (χ1n) is 9.42. The van der Waals surface area contributed by atoms with E-state index in [0.29, 0.717) is 12.3 Å². The van der Waals surface area contributed by atoms with Crippen LogP contribution in [0.3, 0.4) is 0 Å². The Morgan fingerprint density at radius 2 is 1.93 bits per heavy atom. The Kier molecular flexibility index (Phi) is 5.84. The largest absolute Gasteiger partial charge is 0.460 e. The first-order valence-corrected chi connectivity index (χ1v) is 10.5. The second-order valence-corrected chi connectivity index (χ2v) is 8.99. The summed E-state index contributed by atoms with van der Waals surface area (Å²) >= 11 is 1.58. The minimum absolute atomic E-state index is 0.0461. The fourth-order valence-electron chi connectivity index (χ4n) is 3.37. The van der Waals surface area contributed by atoms with Gasteiger partial charge in [-0.3, -0.25) is 9.59 Å². The van der Waals surface area contributed by atoms with Crippen LogP contribution in [0.2, 0.25) is 0 Å². The molecule has 1 atom stereocenters. The summed E-state index contributed by atoms with van der Waals surface area (Å²) < 4.78 is 7.30. The Bertz CT molecular complexity index is 871. The van der Waals surface area contributed by atoms with Gasteiger partial charge in [-0.25, -0.2) is 4.68 Å². The molecule has 2 heterocycles. The van der Waals surface area contributed by atoms with Gasteiger partial charge in [-0.2, -0.15) is 5.10 Å². The van der Waals surface area contributed by atoms with Crippen LogP contribution in [0.5, 0.6) is 0 Å². The molecule has 0 spiro atoms. The van der Waals surface area contributed by atoms with Crippen molar-refractivity contribution < 1.29 is 14.3 Å². The number of aryl methyl sites for hydroxylation is 1. The van der Waals surface area contributed by atoms with Crippen molar-refractivity contribution in [3.8, 4) is 5.69 Å². The van der Waals surface area contributed by atoms with E-state index in [9.17, 15) is 9.59 Å².